The highest BCUT2D eigenvalue weighted by Crippen LogP contribution is 2.43. The van der Waals surface area contributed by atoms with Crippen LogP contribution in [-0.4, -0.2) is 75.1 Å². The fourth-order valence-corrected chi connectivity index (χ4v) is 6.70. The van der Waals surface area contributed by atoms with Gasteiger partial charge < -0.3 is 31.1 Å². The summed E-state index contributed by atoms with van der Waals surface area (Å²) in [6.07, 6.45) is -3.13. The van der Waals surface area contributed by atoms with Gasteiger partial charge in [0.1, 0.15) is 11.9 Å². The van der Waals surface area contributed by atoms with Crippen molar-refractivity contribution in [1.82, 2.24) is 30.4 Å². The Bertz CT molecular complexity index is 1860. The maximum absolute atomic E-state index is 14.9. The zero-order valence-corrected chi connectivity index (χ0v) is 27.7. The molecule has 2 fully saturated rings. The van der Waals surface area contributed by atoms with Gasteiger partial charge in [-0.05, 0) is 66.8 Å². The second-order valence-corrected chi connectivity index (χ2v) is 13.0. The van der Waals surface area contributed by atoms with Crippen molar-refractivity contribution in [3.05, 3.63) is 77.6 Å². The molecule has 2 aliphatic heterocycles. The zero-order valence-electron chi connectivity index (χ0n) is 27.7. The number of rotatable bonds is 10. The Hall–Kier alpha value is -5.18. The monoisotopic (exact) mass is 692 g/mol. The molecule has 2 atom stereocenters. The van der Waals surface area contributed by atoms with Gasteiger partial charge >= 0.3 is 12.1 Å². The number of hydrogen-bond acceptors (Lipinski definition) is 9. The molecule has 5 N–H and O–H groups in total. The van der Waals surface area contributed by atoms with Gasteiger partial charge in [-0.25, -0.2) is 4.68 Å². The molecule has 50 heavy (non-hydrogen) atoms. The van der Waals surface area contributed by atoms with Crippen LogP contribution in [0.1, 0.15) is 49.1 Å². The topological polar surface area (TPSA) is 161 Å². The molecular weight excluding hydrogens is 653 g/mol. The molecule has 2 saturated heterocycles. The van der Waals surface area contributed by atoms with Crippen LogP contribution in [0.2, 0.25) is 0 Å². The predicted octanol–water partition coefficient (Wildman–Crippen LogP) is 4.61. The molecule has 0 bridgehead atoms. The number of aliphatic carboxylic acids is 1. The summed E-state index contributed by atoms with van der Waals surface area (Å²) in [5, 5.41) is 19.7. The molecule has 0 saturated carbocycles. The number of anilines is 2. The highest BCUT2D eigenvalue weighted by atomic mass is 19.4. The SMILES string of the molecule is CC(=O)NCCc1ccc(-c2ccc([C@@H](Oc3cc(N4CCC5(CC4)CNC(C(=O)O)C5)nc(N)n3)C(F)(F)F)c(-n3ccc(C)n3)c2)cc1. The molecule has 4 aromatic rings. The van der Waals surface area contributed by atoms with Crippen LogP contribution in [0.25, 0.3) is 16.8 Å². The Kier molecular flexibility index (Phi) is 9.69. The van der Waals surface area contributed by atoms with Crippen LogP contribution in [0.15, 0.2) is 60.8 Å². The molecule has 2 aliphatic rings. The number of carboxylic acids is 1. The first-order valence-corrected chi connectivity index (χ1v) is 16.4. The van der Waals surface area contributed by atoms with Crippen LogP contribution in [0.5, 0.6) is 5.88 Å². The van der Waals surface area contributed by atoms with Crippen LogP contribution in [0, 0.1) is 12.3 Å². The lowest BCUT2D eigenvalue weighted by atomic mass is 9.76. The fraction of sp³-hybridized carbons (Fsp3) is 0.400. The molecule has 1 spiro atoms. The van der Waals surface area contributed by atoms with E-state index in [1.807, 2.05) is 29.2 Å². The normalized spacial score (nSPS) is 17.9. The lowest BCUT2D eigenvalue weighted by Crippen LogP contribution is -2.41. The number of hydrogen-bond donors (Lipinski definition) is 4. The number of carbonyl (C=O) groups excluding carboxylic acids is 1. The molecule has 2 aromatic heterocycles. The summed E-state index contributed by atoms with van der Waals surface area (Å²) in [7, 11) is 0. The number of aryl methyl sites for hydroxylation is 1. The van der Waals surface area contributed by atoms with E-state index in [0.717, 1.165) is 11.1 Å². The molecule has 264 valence electrons. The number of aromatic nitrogens is 4. The smallest absolute Gasteiger partial charge is 0.429 e. The standard InChI is InChI=1S/C35H39F3N8O4/c1-21-10-14-46(44-21)28-17-25(24-5-3-23(4-6-24)9-13-40-22(2)47)7-8-26(28)31(35(36,37)38)50-30-18-29(42-33(39)43-30)45-15-11-34(12-16-45)19-27(32(48)49)41-20-34/h3-8,10,14,17-18,27,31,41H,9,11-13,15-16,19-20H2,1-2H3,(H,40,47)(H,48,49)(H2,39,42,43)/t27?,31-/m1/s1. The third-order valence-corrected chi connectivity index (χ3v) is 9.41. The first kappa shape index (κ1) is 34.7. The number of carbonyl (C=O) groups is 2. The molecule has 15 heteroatoms. The number of nitrogens with one attached hydrogen (secondary N) is 2. The maximum Gasteiger partial charge on any atom is 0.429 e. The number of nitrogen functional groups attached to an aromatic ring is 1. The number of carboxylic acid groups (broad SMARTS) is 1. The number of nitrogens with zero attached hydrogens (tertiary/aromatic N) is 5. The maximum atomic E-state index is 14.9. The van der Waals surface area contributed by atoms with E-state index >= 15 is 0 Å². The van der Waals surface area contributed by atoms with E-state index in [-0.39, 0.29) is 34.4 Å². The highest BCUT2D eigenvalue weighted by molar-refractivity contribution is 5.74. The summed E-state index contributed by atoms with van der Waals surface area (Å²) in [4.78, 5) is 32.9. The van der Waals surface area contributed by atoms with Crippen molar-refractivity contribution in [3.8, 4) is 22.7 Å². The Labute approximate surface area is 286 Å². The first-order valence-electron chi connectivity index (χ1n) is 16.4. The largest absolute Gasteiger partial charge is 0.480 e. The molecule has 6 rings (SSSR count). The molecular formula is C35H39F3N8O4. The number of alkyl halides is 3. The minimum Gasteiger partial charge on any atom is -0.480 e. The fourth-order valence-electron chi connectivity index (χ4n) is 6.70. The van der Waals surface area contributed by atoms with Gasteiger partial charge in [-0.1, -0.05) is 36.4 Å². The summed E-state index contributed by atoms with van der Waals surface area (Å²) >= 11 is 0. The van der Waals surface area contributed by atoms with Crippen LogP contribution < -0.4 is 26.0 Å². The number of halogens is 3. The summed E-state index contributed by atoms with van der Waals surface area (Å²) in [5.74, 6) is -1.21. The Balaban J connectivity index is 1.27. The van der Waals surface area contributed by atoms with Gasteiger partial charge in [0.15, 0.2) is 0 Å². The van der Waals surface area contributed by atoms with Gasteiger partial charge in [-0.15, -0.1) is 0 Å². The van der Waals surface area contributed by atoms with E-state index in [2.05, 4.69) is 25.7 Å². The summed E-state index contributed by atoms with van der Waals surface area (Å²) in [6.45, 7) is 5.34. The van der Waals surface area contributed by atoms with E-state index in [1.165, 1.54) is 23.7 Å². The number of piperidine rings is 1. The zero-order chi connectivity index (χ0) is 35.6. The molecule has 0 radical (unpaired) electrons. The molecule has 0 aliphatic carbocycles. The Morgan fingerprint density at radius 1 is 1.10 bits per heavy atom. The Morgan fingerprint density at radius 3 is 2.44 bits per heavy atom. The van der Waals surface area contributed by atoms with Crippen molar-refractivity contribution >= 4 is 23.6 Å². The van der Waals surface area contributed by atoms with Gasteiger partial charge in [-0.3, -0.25) is 9.59 Å². The van der Waals surface area contributed by atoms with E-state index in [4.69, 9.17) is 10.5 Å². The van der Waals surface area contributed by atoms with Crippen LogP contribution in [0.4, 0.5) is 24.9 Å². The van der Waals surface area contributed by atoms with E-state index < -0.39 is 24.3 Å². The highest BCUT2D eigenvalue weighted by Gasteiger charge is 2.46. The summed E-state index contributed by atoms with van der Waals surface area (Å²) < 4.78 is 51.8. The molecule has 2 aromatic carbocycles. The second kappa shape index (κ2) is 14.0. The third kappa shape index (κ3) is 7.83. The van der Waals surface area contributed by atoms with Crippen molar-refractivity contribution < 1.29 is 32.6 Å². The number of ether oxygens (including phenoxy) is 1. The average molecular weight is 693 g/mol. The lowest BCUT2D eigenvalue weighted by molar-refractivity contribution is -0.198. The minimum absolute atomic E-state index is 0.108. The lowest BCUT2D eigenvalue weighted by Gasteiger charge is -2.39. The van der Waals surface area contributed by atoms with Gasteiger partial charge in [0.25, 0.3) is 0 Å². The van der Waals surface area contributed by atoms with Crippen LogP contribution >= 0.6 is 0 Å². The molecule has 1 amide bonds. The number of nitrogens with two attached hydrogens (primary N) is 1. The van der Waals surface area contributed by atoms with E-state index in [0.29, 0.717) is 68.9 Å². The van der Waals surface area contributed by atoms with Crippen molar-refractivity contribution in [2.45, 2.75) is 57.9 Å². The molecule has 1 unspecified atom stereocenters. The van der Waals surface area contributed by atoms with Gasteiger partial charge in [0, 0.05) is 50.9 Å². The summed E-state index contributed by atoms with van der Waals surface area (Å²) in [6, 6.07) is 14.7. The molecule has 12 nitrogen and oxygen atoms in total. The van der Waals surface area contributed by atoms with Crippen molar-refractivity contribution in [2.75, 3.05) is 36.8 Å². The third-order valence-electron chi connectivity index (χ3n) is 9.41. The second-order valence-electron chi connectivity index (χ2n) is 13.0. The average Bonchev–Trinajstić information content (AvgIpc) is 3.70. The van der Waals surface area contributed by atoms with Gasteiger partial charge in [0.2, 0.25) is 23.8 Å². The van der Waals surface area contributed by atoms with Crippen LogP contribution in [-0.2, 0) is 16.0 Å². The first-order chi connectivity index (χ1) is 23.8. The van der Waals surface area contributed by atoms with Crippen molar-refractivity contribution in [2.24, 2.45) is 5.41 Å². The van der Waals surface area contributed by atoms with Crippen molar-refractivity contribution in [3.63, 3.8) is 0 Å². The molecule has 4 heterocycles. The number of benzene rings is 2. The van der Waals surface area contributed by atoms with Gasteiger partial charge in [0.05, 0.1) is 11.4 Å². The van der Waals surface area contributed by atoms with Crippen LogP contribution in [0.3, 0.4) is 0 Å². The predicted molar refractivity (Wildman–Crippen MR) is 180 cm³/mol. The van der Waals surface area contributed by atoms with E-state index in [9.17, 15) is 27.9 Å². The van der Waals surface area contributed by atoms with Gasteiger partial charge in [-0.2, -0.15) is 28.2 Å². The minimum atomic E-state index is -4.85. The Morgan fingerprint density at radius 2 is 1.82 bits per heavy atom. The number of amides is 1. The van der Waals surface area contributed by atoms with E-state index in [1.54, 1.807) is 31.3 Å². The van der Waals surface area contributed by atoms with Crippen molar-refractivity contribution in [1.29, 1.82) is 0 Å². The summed E-state index contributed by atoms with van der Waals surface area (Å²) in [5.41, 5.74) is 8.94. The quantitative estimate of drug-likeness (QED) is 0.185.